The van der Waals surface area contributed by atoms with Crippen LogP contribution in [0.2, 0.25) is 0 Å². The van der Waals surface area contributed by atoms with Crippen molar-refractivity contribution in [3.8, 4) is 11.3 Å². The summed E-state index contributed by atoms with van der Waals surface area (Å²) in [5, 5.41) is 7.69. The number of hydrogen-bond donors (Lipinski definition) is 1. The van der Waals surface area contributed by atoms with E-state index in [-0.39, 0.29) is 5.56 Å². The van der Waals surface area contributed by atoms with E-state index < -0.39 is 0 Å². The molecule has 2 aromatic rings. The van der Waals surface area contributed by atoms with Crippen molar-refractivity contribution in [3.05, 3.63) is 52.3 Å². The normalized spacial score (nSPS) is 10.7. The van der Waals surface area contributed by atoms with Gasteiger partial charge < -0.3 is 5.32 Å². The maximum Gasteiger partial charge on any atom is 0.271 e. The average Bonchev–Trinajstić information content (AvgIpc) is 2.49. The van der Waals surface area contributed by atoms with Gasteiger partial charge in [0.05, 0.1) is 5.69 Å². The minimum Gasteiger partial charge on any atom is -0.313 e. The van der Waals surface area contributed by atoms with E-state index in [1.165, 1.54) is 0 Å². The third-order valence-electron chi connectivity index (χ3n) is 3.12. The summed E-state index contributed by atoms with van der Waals surface area (Å²) in [7, 11) is 0. The zero-order chi connectivity index (χ0) is 14.4. The lowest BCUT2D eigenvalue weighted by atomic mass is 10.1. The van der Waals surface area contributed by atoms with Crippen LogP contribution in [0.1, 0.15) is 25.8 Å². The van der Waals surface area contributed by atoms with Crippen molar-refractivity contribution in [2.75, 3.05) is 6.54 Å². The first kappa shape index (κ1) is 14.5. The van der Waals surface area contributed by atoms with Gasteiger partial charge in [0.1, 0.15) is 0 Å². The van der Waals surface area contributed by atoms with E-state index in [1.54, 1.807) is 4.68 Å². The Hall–Kier alpha value is -1.94. The molecular formula is C16H21N3O. The number of benzene rings is 1. The van der Waals surface area contributed by atoms with Gasteiger partial charge in [-0.3, -0.25) is 4.79 Å². The summed E-state index contributed by atoms with van der Waals surface area (Å²) < 4.78 is 1.58. The molecule has 106 valence electrons. The van der Waals surface area contributed by atoms with Crippen LogP contribution < -0.4 is 10.9 Å². The minimum absolute atomic E-state index is 0.00693. The fourth-order valence-electron chi connectivity index (χ4n) is 2.10. The highest BCUT2D eigenvalue weighted by atomic mass is 16.1. The maximum atomic E-state index is 12.3. The van der Waals surface area contributed by atoms with Crippen LogP contribution >= 0.6 is 0 Å². The quantitative estimate of drug-likeness (QED) is 0.877. The summed E-state index contributed by atoms with van der Waals surface area (Å²) >= 11 is 0. The molecule has 0 aliphatic carbocycles. The molecule has 2 rings (SSSR count). The molecule has 0 saturated carbocycles. The van der Waals surface area contributed by atoms with Gasteiger partial charge in [0.15, 0.2) is 0 Å². The second-order valence-corrected chi connectivity index (χ2v) is 4.73. The second kappa shape index (κ2) is 7.01. The van der Waals surface area contributed by atoms with E-state index in [0.29, 0.717) is 13.1 Å². The highest BCUT2D eigenvalue weighted by Crippen LogP contribution is 2.15. The molecule has 0 unspecified atom stereocenters. The van der Waals surface area contributed by atoms with Crippen molar-refractivity contribution in [2.24, 2.45) is 0 Å². The van der Waals surface area contributed by atoms with E-state index in [2.05, 4.69) is 10.4 Å². The first-order valence-electron chi connectivity index (χ1n) is 7.13. The maximum absolute atomic E-state index is 12.3. The number of nitrogens with one attached hydrogen (secondary N) is 1. The van der Waals surface area contributed by atoms with Gasteiger partial charge in [0, 0.05) is 24.2 Å². The Morgan fingerprint density at radius 2 is 1.95 bits per heavy atom. The molecule has 0 fully saturated rings. The van der Waals surface area contributed by atoms with Crippen LogP contribution in [0.3, 0.4) is 0 Å². The third kappa shape index (κ3) is 3.33. The van der Waals surface area contributed by atoms with Crippen molar-refractivity contribution in [2.45, 2.75) is 33.4 Å². The summed E-state index contributed by atoms with van der Waals surface area (Å²) in [4.78, 5) is 12.3. The van der Waals surface area contributed by atoms with Crippen LogP contribution in [0.25, 0.3) is 11.3 Å². The largest absolute Gasteiger partial charge is 0.313 e. The second-order valence-electron chi connectivity index (χ2n) is 4.73. The predicted molar refractivity (Wildman–Crippen MR) is 81.6 cm³/mol. The predicted octanol–water partition coefficient (Wildman–Crippen LogP) is 2.43. The summed E-state index contributed by atoms with van der Waals surface area (Å²) in [5.74, 6) is 0. The van der Waals surface area contributed by atoms with Gasteiger partial charge in [-0.2, -0.15) is 5.10 Å². The molecule has 0 atom stereocenters. The molecule has 1 aromatic heterocycles. The summed E-state index contributed by atoms with van der Waals surface area (Å²) in [6, 6.07) is 11.9. The number of hydrogen-bond acceptors (Lipinski definition) is 3. The Morgan fingerprint density at radius 3 is 2.60 bits per heavy atom. The van der Waals surface area contributed by atoms with Gasteiger partial charge in [-0.25, -0.2) is 4.68 Å². The highest BCUT2D eigenvalue weighted by molar-refractivity contribution is 5.58. The number of nitrogens with zero attached hydrogens (tertiary/aromatic N) is 2. The van der Waals surface area contributed by atoms with Gasteiger partial charge in [-0.1, -0.05) is 44.2 Å². The Balaban J connectivity index is 2.47. The van der Waals surface area contributed by atoms with E-state index >= 15 is 0 Å². The zero-order valence-corrected chi connectivity index (χ0v) is 12.1. The molecule has 0 spiro atoms. The van der Waals surface area contributed by atoms with Gasteiger partial charge in [-0.15, -0.1) is 0 Å². The Kier molecular flexibility index (Phi) is 5.07. The first-order chi connectivity index (χ1) is 9.76. The lowest BCUT2D eigenvalue weighted by Crippen LogP contribution is -2.29. The molecule has 4 heteroatoms. The van der Waals surface area contributed by atoms with Crippen LogP contribution in [0, 0.1) is 0 Å². The molecule has 1 aromatic carbocycles. The molecule has 0 radical (unpaired) electrons. The Morgan fingerprint density at radius 1 is 1.20 bits per heavy atom. The standard InChI is InChI=1S/C16H21N3O/c1-3-10-19-16(20)14(12-17-4-2)11-15(18-19)13-8-6-5-7-9-13/h5-9,11,17H,3-4,10,12H2,1-2H3. The van der Waals surface area contributed by atoms with Crippen molar-refractivity contribution in [1.82, 2.24) is 15.1 Å². The van der Waals surface area contributed by atoms with E-state index in [9.17, 15) is 4.79 Å². The van der Waals surface area contributed by atoms with Crippen LogP contribution in [0.4, 0.5) is 0 Å². The molecule has 1 N–H and O–H groups in total. The summed E-state index contributed by atoms with van der Waals surface area (Å²) in [6.45, 7) is 6.16. The molecule has 0 amide bonds. The lowest BCUT2D eigenvalue weighted by Gasteiger charge is -2.10. The van der Waals surface area contributed by atoms with Crippen molar-refractivity contribution in [1.29, 1.82) is 0 Å². The smallest absolute Gasteiger partial charge is 0.271 e. The SMILES string of the molecule is CCCn1nc(-c2ccccc2)cc(CNCC)c1=O. The average molecular weight is 271 g/mol. The van der Waals surface area contributed by atoms with Crippen molar-refractivity contribution >= 4 is 0 Å². The van der Waals surface area contributed by atoms with E-state index in [1.807, 2.05) is 50.2 Å². The van der Waals surface area contributed by atoms with Crippen molar-refractivity contribution in [3.63, 3.8) is 0 Å². The van der Waals surface area contributed by atoms with Gasteiger partial charge in [0.2, 0.25) is 0 Å². The summed E-state index contributed by atoms with van der Waals surface area (Å²) in [6.07, 6.45) is 0.895. The molecule has 4 nitrogen and oxygen atoms in total. The molecule has 1 heterocycles. The summed E-state index contributed by atoms with van der Waals surface area (Å²) in [5.41, 5.74) is 2.67. The van der Waals surface area contributed by atoms with Crippen molar-refractivity contribution < 1.29 is 0 Å². The molecule has 0 aliphatic heterocycles. The minimum atomic E-state index is 0.00693. The zero-order valence-electron chi connectivity index (χ0n) is 12.1. The topological polar surface area (TPSA) is 46.9 Å². The Bertz CT molecular complexity index is 605. The van der Waals surface area contributed by atoms with Crippen LogP contribution in [0.15, 0.2) is 41.2 Å². The lowest BCUT2D eigenvalue weighted by molar-refractivity contribution is 0.559. The van der Waals surface area contributed by atoms with Gasteiger partial charge in [-0.05, 0) is 19.0 Å². The fourth-order valence-corrected chi connectivity index (χ4v) is 2.10. The molecule has 0 bridgehead atoms. The van der Waals surface area contributed by atoms with E-state index in [4.69, 9.17) is 0 Å². The third-order valence-corrected chi connectivity index (χ3v) is 3.12. The highest BCUT2D eigenvalue weighted by Gasteiger charge is 2.09. The van der Waals surface area contributed by atoms with Crippen LogP contribution in [-0.4, -0.2) is 16.3 Å². The van der Waals surface area contributed by atoms with Crippen LogP contribution in [0.5, 0.6) is 0 Å². The first-order valence-corrected chi connectivity index (χ1v) is 7.13. The number of rotatable bonds is 6. The fraction of sp³-hybridized carbons (Fsp3) is 0.375. The van der Waals surface area contributed by atoms with Gasteiger partial charge in [0.25, 0.3) is 5.56 Å². The Labute approximate surface area is 119 Å². The molecule has 20 heavy (non-hydrogen) atoms. The monoisotopic (exact) mass is 271 g/mol. The van der Waals surface area contributed by atoms with Gasteiger partial charge >= 0.3 is 0 Å². The van der Waals surface area contributed by atoms with Crippen LogP contribution in [-0.2, 0) is 13.1 Å². The molecule has 0 saturated heterocycles. The van der Waals surface area contributed by atoms with E-state index in [0.717, 1.165) is 29.8 Å². The number of aryl methyl sites for hydroxylation is 1. The molecule has 0 aliphatic rings. The molecular weight excluding hydrogens is 250 g/mol. The number of aromatic nitrogens is 2.